The van der Waals surface area contributed by atoms with Crippen LogP contribution in [0.5, 0.6) is 0 Å². The molecule has 0 aliphatic heterocycles. The van der Waals surface area contributed by atoms with Crippen molar-refractivity contribution in [2.24, 2.45) is 0 Å². The minimum absolute atomic E-state index is 0.373. The molecule has 5 nitrogen and oxygen atoms in total. The molecule has 2 rings (SSSR count). The Hall–Kier alpha value is -1.63. The zero-order chi connectivity index (χ0) is 15.2. The van der Waals surface area contributed by atoms with Crippen molar-refractivity contribution in [3.8, 4) is 0 Å². The fraction of sp³-hybridized carbons (Fsp3) is 0.286. The summed E-state index contributed by atoms with van der Waals surface area (Å²) in [4.78, 5) is 16.0. The van der Waals surface area contributed by atoms with Crippen LogP contribution < -0.4 is 11.1 Å². The van der Waals surface area contributed by atoms with Crippen molar-refractivity contribution < 1.29 is 9.90 Å². The van der Waals surface area contributed by atoms with E-state index in [-0.39, 0.29) is 0 Å². The zero-order valence-corrected chi connectivity index (χ0v) is 12.8. The molecule has 7 heteroatoms. The van der Waals surface area contributed by atoms with Gasteiger partial charge in [-0.25, -0.2) is 4.98 Å². The number of aromatic nitrogens is 1. The molecule has 2 aromatic rings. The van der Waals surface area contributed by atoms with Gasteiger partial charge in [-0.1, -0.05) is 29.8 Å². The van der Waals surface area contributed by atoms with Crippen LogP contribution in [0, 0.1) is 0 Å². The summed E-state index contributed by atoms with van der Waals surface area (Å²) in [6.45, 7) is 0.456. The minimum Gasteiger partial charge on any atom is -0.378 e. The number of benzene rings is 1. The number of anilines is 1. The maximum Gasteiger partial charge on any atom is 0.253 e. The first-order valence-electron chi connectivity index (χ1n) is 6.48. The fourth-order valence-corrected chi connectivity index (χ4v) is 2.69. The second-order valence-corrected chi connectivity index (χ2v) is 5.79. The van der Waals surface area contributed by atoms with Crippen LogP contribution in [0.25, 0.3) is 0 Å². The summed E-state index contributed by atoms with van der Waals surface area (Å²) < 4.78 is 0. The Morgan fingerprint density at radius 2 is 2.24 bits per heavy atom. The standard InChI is InChI=1S/C14H16ClN3O2S/c15-11-6-2-1-5-10(11)12(19)13(20)17-7-3-4-9-8-21-14(16)18-9/h1-2,5-6,8,12,19H,3-4,7H2,(H2,16,18)(H,17,20). The van der Waals surface area contributed by atoms with Gasteiger partial charge in [0.1, 0.15) is 0 Å². The first kappa shape index (κ1) is 15.8. The Morgan fingerprint density at radius 1 is 1.48 bits per heavy atom. The van der Waals surface area contributed by atoms with Crippen molar-refractivity contribution in [1.29, 1.82) is 0 Å². The third-order valence-electron chi connectivity index (χ3n) is 2.93. The second-order valence-electron chi connectivity index (χ2n) is 4.50. The van der Waals surface area contributed by atoms with Crippen LogP contribution in [0.1, 0.15) is 23.8 Å². The molecule has 21 heavy (non-hydrogen) atoms. The van der Waals surface area contributed by atoms with Gasteiger partial charge in [0.15, 0.2) is 11.2 Å². The van der Waals surface area contributed by atoms with E-state index >= 15 is 0 Å². The van der Waals surface area contributed by atoms with E-state index in [1.54, 1.807) is 24.3 Å². The van der Waals surface area contributed by atoms with Crippen molar-refractivity contribution >= 4 is 34.0 Å². The summed E-state index contributed by atoms with van der Waals surface area (Å²) in [5.41, 5.74) is 6.86. The van der Waals surface area contributed by atoms with E-state index in [1.807, 2.05) is 5.38 Å². The van der Waals surface area contributed by atoms with Gasteiger partial charge < -0.3 is 16.2 Å². The summed E-state index contributed by atoms with van der Waals surface area (Å²) in [5.74, 6) is -0.458. The van der Waals surface area contributed by atoms with E-state index in [9.17, 15) is 9.90 Å². The van der Waals surface area contributed by atoms with Crippen molar-refractivity contribution in [2.45, 2.75) is 18.9 Å². The summed E-state index contributed by atoms with van der Waals surface area (Å²) in [5, 5.41) is 15.5. The smallest absolute Gasteiger partial charge is 0.253 e. The van der Waals surface area contributed by atoms with Crippen LogP contribution in [0.2, 0.25) is 5.02 Å². The third-order valence-corrected chi connectivity index (χ3v) is 3.99. The van der Waals surface area contributed by atoms with E-state index in [0.29, 0.717) is 22.3 Å². The number of nitrogens with one attached hydrogen (secondary N) is 1. The molecule has 112 valence electrons. The molecule has 1 unspecified atom stereocenters. The quantitative estimate of drug-likeness (QED) is 0.710. The normalized spacial score (nSPS) is 12.1. The number of nitrogens with two attached hydrogens (primary N) is 1. The maximum atomic E-state index is 11.9. The monoisotopic (exact) mass is 325 g/mol. The predicted molar refractivity (Wildman–Crippen MR) is 84.3 cm³/mol. The summed E-state index contributed by atoms with van der Waals surface area (Å²) in [6, 6.07) is 6.74. The molecular formula is C14H16ClN3O2S. The highest BCUT2D eigenvalue weighted by Crippen LogP contribution is 2.22. The van der Waals surface area contributed by atoms with Gasteiger partial charge in [-0.3, -0.25) is 4.79 Å². The van der Waals surface area contributed by atoms with Crippen molar-refractivity contribution in [2.75, 3.05) is 12.3 Å². The number of nitrogens with zero attached hydrogens (tertiary/aromatic N) is 1. The van der Waals surface area contributed by atoms with Crippen molar-refractivity contribution in [3.63, 3.8) is 0 Å². The third kappa shape index (κ3) is 4.42. The number of carbonyl (C=O) groups excluding carboxylic acids is 1. The molecule has 1 amide bonds. The number of nitrogen functional groups attached to an aromatic ring is 1. The molecule has 4 N–H and O–H groups in total. The predicted octanol–water partition coefficient (Wildman–Crippen LogP) is 2.16. The molecule has 1 aromatic carbocycles. The lowest BCUT2D eigenvalue weighted by atomic mass is 10.1. The number of halogens is 1. The Morgan fingerprint density at radius 3 is 2.90 bits per heavy atom. The molecule has 1 heterocycles. The largest absolute Gasteiger partial charge is 0.378 e. The molecule has 0 bridgehead atoms. The van der Waals surface area contributed by atoms with Gasteiger partial charge in [0.05, 0.1) is 5.69 Å². The number of amides is 1. The van der Waals surface area contributed by atoms with E-state index in [2.05, 4.69) is 10.3 Å². The topological polar surface area (TPSA) is 88.2 Å². The Bertz CT molecular complexity index is 618. The maximum absolute atomic E-state index is 11.9. The first-order chi connectivity index (χ1) is 10.1. The lowest BCUT2D eigenvalue weighted by Crippen LogP contribution is -2.30. The summed E-state index contributed by atoms with van der Waals surface area (Å²) in [6.07, 6.45) is 0.203. The number of hydrogen-bond acceptors (Lipinski definition) is 5. The molecule has 1 atom stereocenters. The summed E-state index contributed by atoms with van der Waals surface area (Å²) in [7, 11) is 0. The number of hydrogen-bond donors (Lipinski definition) is 3. The molecule has 1 aromatic heterocycles. The average molecular weight is 326 g/mol. The minimum atomic E-state index is -1.26. The molecule has 0 aliphatic rings. The SMILES string of the molecule is Nc1nc(CCCNC(=O)C(O)c2ccccc2Cl)cs1. The van der Waals surface area contributed by atoms with Gasteiger partial charge in [-0.2, -0.15) is 0 Å². The summed E-state index contributed by atoms with van der Waals surface area (Å²) >= 11 is 7.35. The number of aryl methyl sites for hydroxylation is 1. The van der Waals surface area contributed by atoms with Gasteiger partial charge in [0, 0.05) is 22.5 Å². The average Bonchev–Trinajstić information content (AvgIpc) is 2.89. The highest BCUT2D eigenvalue weighted by atomic mass is 35.5. The lowest BCUT2D eigenvalue weighted by molar-refractivity contribution is -0.129. The van der Waals surface area contributed by atoms with E-state index < -0.39 is 12.0 Å². The second kappa shape index (κ2) is 7.40. The van der Waals surface area contributed by atoms with Gasteiger partial charge in [-0.05, 0) is 18.9 Å². The highest BCUT2D eigenvalue weighted by Gasteiger charge is 2.18. The van der Waals surface area contributed by atoms with Crippen molar-refractivity contribution in [1.82, 2.24) is 10.3 Å². The molecule has 0 saturated carbocycles. The molecule has 0 spiro atoms. The molecule has 0 fully saturated rings. The number of aliphatic hydroxyl groups is 1. The lowest BCUT2D eigenvalue weighted by Gasteiger charge is -2.12. The first-order valence-corrected chi connectivity index (χ1v) is 7.74. The van der Waals surface area contributed by atoms with Crippen LogP contribution in [0.4, 0.5) is 5.13 Å². The van der Waals surface area contributed by atoms with Gasteiger partial charge in [-0.15, -0.1) is 11.3 Å². The fourth-order valence-electron chi connectivity index (χ4n) is 1.85. The van der Waals surface area contributed by atoms with Gasteiger partial charge in [0.2, 0.25) is 0 Å². The Balaban J connectivity index is 1.78. The van der Waals surface area contributed by atoms with Crippen LogP contribution >= 0.6 is 22.9 Å². The molecular weight excluding hydrogens is 310 g/mol. The molecule has 0 aliphatic carbocycles. The van der Waals surface area contributed by atoms with E-state index in [1.165, 1.54) is 11.3 Å². The Labute approximate surface area is 131 Å². The van der Waals surface area contributed by atoms with Gasteiger partial charge in [0.25, 0.3) is 5.91 Å². The van der Waals surface area contributed by atoms with E-state index in [4.69, 9.17) is 17.3 Å². The molecule has 0 radical (unpaired) electrons. The van der Waals surface area contributed by atoms with Crippen LogP contribution in [0.15, 0.2) is 29.6 Å². The van der Waals surface area contributed by atoms with Crippen molar-refractivity contribution in [3.05, 3.63) is 45.9 Å². The van der Waals surface area contributed by atoms with E-state index in [0.717, 1.165) is 18.5 Å². The number of aliphatic hydroxyl groups excluding tert-OH is 1. The van der Waals surface area contributed by atoms with Crippen LogP contribution in [0.3, 0.4) is 0 Å². The number of carbonyl (C=O) groups is 1. The highest BCUT2D eigenvalue weighted by molar-refractivity contribution is 7.13. The number of thiazole rings is 1. The zero-order valence-electron chi connectivity index (χ0n) is 11.3. The molecule has 0 saturated heterocycles. The Kier molecular flexibility index (Phi) is 5.55. The van der Waals surface area contributed by atoms with Crippen LogP contribution in [-0.2, 0) is 11.2 Å². The van der Waals surface area contributed by atoms with Gasteiger partial charge >= 0.3 is 0 Å². The number of rotatable bonds is 6. The van der Waals surface area contributed by atoms with Crippen LogP contribution in [-0.4, -0.2) is 22.5 Å².